The van der Waals surface area contributed by atoms with Gasteiger partial charge in [-0.15, -0.1) is 0 Å². The largest absolute Gasteiger partial charge is 0.377 e. The molecule has 2 atom stereocenters. The fraction of sp³-hybridized carbons (Fsp3) is 0.611. The van der Waals surface area contributed by atoms with Gasteiger partial charge >= 0.3 is 0 Å². The maximum Gasteiger partial charge on any atom is 0.226 e. The van der Waals surface area contributed by atoms with E-state index in [9.17, 15) is 13.6 Å². The lowest BCUT2D eigenvalue weighted by Gasteiger charge is -2.27. The fourth-order valence-corrected chi connectivity index (χ4v) is 3.61. The van der Waals surface area contributed by atoms with Gasteiger partial charge in [-0.25, -0.2) is 8.78 Å². The number of hydrogen-bond donors (Lipinski definition) is 2. The van der Waals surface area contributed by atoms with Crippen molar-refractivity contribution in [1.29, 1.82) is 0 Å². The summed E-state index contributed by atoms with van der Waals surface area (Å²) < 4.78 is 32.3. The zero-order valence-electron chi connectivity index (χ0n) is 13.7. The second kappa shape index (κ2) is 8.03. The van der Waals surface area contributed by atoms with Crippen molar-refractivity contribution in [2.75, 3.05) is 19.7 Å². The molecule has 4 nitrogen and oxygen atoms in total. The smallest absolute Gasteiger partial charge is 0.226 e. The highest BCUT2D eigenvalue weighted by Crippen LogP contribution is 2.29. The molecular weight excluding hydrogens is 314 g/mol. The van der Waals surface area contributed by atoms with E-state index < -0.39 is 11.6 Å². The summed E-state index contributed by atoms with van der Waals surface area (Å²) in [6.07, 6.45) is 3.80. The number of piperidine rings is 1. The van der Waals surface area contributed by atoms with Gasteiger partial charge in [-0.2, -0.15) is 0 Å². The third kappa shape index (κ3) is 4.30. The van der Waals surface area contributed by atoms with Gasteiger partial charge in [0.25, 0.3) is 0 Å². The predicted octanol–water partition coefficient (Wildman–Crippen LogP) is 2.38. The van der Waals surface area contributed by atoms with Gasteiger partial charge in [0.15, 0.2) is 0 Å². The minimum absolute atomic E-state index is 0.0498. The van der Waals surface area contributed by atoms with E-state index in [0.29, 0.717) is 24.5 Å². The minimum atomic E-state index is -0.635. The highest BCUT2D eigenvalue weighted by molar-refractivity contribution is 5.79. The minimum Gasteiger partial charge on any atom is -0.377 e. The molecule has 0 saturated carbocycles. The molecule has 2 aliphatic rings. The summed E-state index contributed by atoms with van der Waals surface area (Å²) in [5.74, 6) is -0.934. The number of nitrogens with one attached hydrogen (secondary N) is 2. The van der Waals surface area contributed by atoms with E-state index in [1.807, 2.05) is 0 Å². The first-order chi connectivity index (χ1) is 11.6. The summed E-state index contributed by atoms with van der Waals surface area (Å²) in [6.45, 7) is 2.72. The van der Waals surface area contributed by atoms with Crippen LogP contribution in [0.1, 0.15) is 31.2 Å². The average Bonchev–Trinajstić information content (AvgIpc) is 3.03. The van der Waals surface area contributed by atoms with Crippen LogP contribution in [-0.4, -0.2) is 31.7 Å². The Kier molecular flexibility index (Phi) is 5.79. The third-order valence-electron chi connectivity index (χ3n) is 5.04. The van der Waals surface area contributed by atoms with E-state index in [-0.39, 0.29) is 24.5 Å². The van der Waals surface area contributed by atoms with E-state index in [2.05, 4.69) is 10.6 Å². The van der Waals surface area contributed by atoms with E-state index in [4.69, 9.17) is 4.74 Å². The van der Waals surface area contributed by atoms with Crippen LogP contribution in [0.25, 0.3) is 0 Å². The van der Waals surface area contributed by atoms with E-state index in [1.165, 1.54) is 12.1 Å². The second-order valence-corrected chi connectivity index (χ2v) is 6.69. The van der Waals surface area contributed by atoms with Gasteiger partial charge in [-0.05, 0) is 50.8 Å². The van der Waals surface area contributed by atoms with Gasteiger partial charge in [0.2, 0.25) is 5.91 Å². The Hall–Kier alpha value is -1.53. The normalized spacial score (nSPS) is 24.9. The molecule has 2 aliphatic heterocycles. The molecule has 0 radical (unpaired) electrons. The van der Waals surface area contributed by atoms with Crippen LogP contribution in [0.5, 0.6) is 0 Å². The van der Waals surface area contributed by atoms with Crippen LogP contribution in [0.4, 0.5) is 8.78 Å². The second-order valence-electron chi connectivity index (χ2n) is 6.69. The van der Waals surface area contributed by atoms with Crippen LogP contribution < -0.4 is 10.6 Å². The first kappa shape index (κ1) is 17.3. The Morgan fingerprint density at radius 2 is 2.04 bits per heavy atom. The lowest BCUT2D eigenvalue weighted by Crippen LogP contribution is -2.37. The lowest BCUT2D eigenvalue weighted by molar-refractivity contribution is -0.127. The van der Waals surface area contributed by atoms with Crippen LogP contribution in [0.3, 0.4) is 0 Å². The Morgan fingerprint density at radius 1 is 1.25 bits per heavy atom. The molecule has 0 aromatic heterocycles. The van der Waals surface area contributed by atoms with E-state index in [1.54, 1.807) is 0 Å². The molecular formula is C18H24F2N2O2. The molecule has 0 spiro atoms. The summed E-state index contributed by atoms with van der Waals surface area (Å²) in [6, 6.07) is 3.39. The molecule has 2 N–H and O–H groups in total. The number of rotatable bonds is 5. The van der Waals surface area contributed by atoms with Crippen molar-refractivity contribution in [2.45, 2.75) is 38.3 Å². The van der Waals surface area contributed by atoms with Gasteiger partial charge in [-0.1, -0.05) is 6.07 Å². The molecule has 0 aliphatic carbocycles. The fourth-order valence-electron chi connectivity index (χ4n) is 3.61. The van der Waals surface area contributed by atoms with Crippen molar-refractivity contribution in [3.05, 3.63) is 35.4 Å². The number of carbonyl (C=O) groups excluding carboxylic acids is 1. The first-order valence-corrected chi connectivity index (χ1v) is 8.67. The van der Waals surface area contributed by atoms with Gasteiger partial charge in [0, 0.05) is 24.8 Å². The number of amides is 1. The molecule has 3 rings (SSSR count). The summed E-state index contributed by atoms with van der Waals surface area (Å²) in [7, 11) is 0. The maximum atomic E-state index is 13.6. The number of benzene rings is 1. The molecule has 2 saturated heterocycles. The van der Waals surface area contributed by atoms with Crippen LogP contribution in [0.15, 0.2) is 18.2 Å². The predicted molar refractivity (Wildman–Crippen MR) is 86.3 cm³/mol. The van der Waals surface area contributed by atoms with Crippen LogP contribution in [-0.2, 0) is 16.1 Å². The molecule has 132 valence electrons. The Bertz CT molecular complexity index is 576. The van der Waals surface area contributed by atoms with Crippen molar-refractivity contribution in [3.8, 4) is 0 Å². The Balaban J connectivity index is 1.53. The summed E-state index contributed by atoms with van der Waals surface area (Å²) >= 11 is 0. The summed E-state index contributed by atoms with van der Waals surface area (Å²) in [5, 5.41) is 6.11. The van der Waals surface area contributed by atoms with Crippen molar-refractivity contribution >= 4 is 5.91 Å². The van der Waals surface area contributed by atoms with Crippen molar-refractivity contribution in [1.82, 2.24) is 10.6 Å². The quantitative estimate of drug-likeness (QED) is 0.867. The molecule has 24 heavy (non-hydrogen) atoms. The van der Waals surface area contributed by atoms with Gasteiger partial charge < -0.3 is 15.4 Å². The third-order valence-corrected chi connectivity index (χ3v) is 5.04. The van der Waals surface area contributed by atoms with Crippen molar-refractivity contribution < 1.29 is 18.3 Å². The van der Waals surface area contributed by atoms with E-state index in [0.717, 1.165) is 38.4 Å². The van der Waals surface area contributed by atoms with Crippen LogP contribution in [0.2, 0.25) is 0 Å². The van der Waals surface area contributed by atoms with Crippen LogP contribution >= 0.6 is 0 Å². The Labute approximate surface area is 141 Å². The zero-order valence-corrected chi connectivity index (χ0v) is 13.7. The topological polar surface area (TPSA) is 50.4 Å². The molecule has 0 unspecified atom stereocenters. The molecule has 1 amide bonds. The number of carbonyl (C=O) groups is 1. The number of hydrogen-bond acceptors (Lipinski definition) is 3. The van der Waals surface area contributed by atoms with Crippen molar-refractivity contribution in [3.63, 3.8) is 0 Å². The monoisotopic (exact) mass is 338 g/mol. The van der Waals surface area contributed by atoms with Gasteiger partial charge in [0.05, 0.1) is 12.0 Å². The van der Waals surface area contributed by atoms with Gasteiger partial charge in [0.1, 0.15) is 11.6 Å². The number of ether oxygens (including phenoxy) is 1. The van der Waals surface area contributed by atoms with Gasteiger partial charge in [-0.3, -0.25) is 4.79 Å². The maximum absolute atomic E-state index is 13.6. The Morgan fingerprint density at radius 3 is 2.79 bits per heavy atom. The SMILES string of the molecule is O=C(NCc1ccc(F)cc1F)[C@@H]1CCO[C@@H]1CC1CCNCC1. The number of halogens is 2. The highest BCUT2D eigenvalue weighted by Gasteiger charge is 2.35. The average molecular weight is 338 g/mol. The van der Waals surface area contributed by atoms with Crippen LogP contribution in [0, 0.1) is 23.5 Å². The standard InChI is InChI=1S/C18H24F2N2O2/c19-14-2-1-13(16(20)10-14)11-22-18(23)15-5-8-24-17(15)9-12-3-6-21-7-4-12/h1-2,10,12,15,17,21H,3-9,11H2,(H,22,23)/t15-,17-/m1/s1. The molecule has 1 aromatic rings. The molecule has 0 bridgehead atoms. The lowest BCUT2D eigenvalue weighted by atomic mass is 9.87. The van der Waals surface area contributed by atoms with E-state index >= 15 is 0 Å². The first-order valence-electron chi connectivity index (χ1n) is 8.67. The summed E-state index contributed by atoms with van der Waals surface area (Å²) in [4.78, 5) is 12.4. The van der Waals surface area contributed by atoms with Crippen molar-refractivity contribution in [2.24, 2.45) is 11.8 Å². The summed E-state index contributed by atoms with van der Waals surface area (Å²) in [5.41, 5.74) is 0.290. The molecule has 2 fully saturated rings. The molecule has 1 aromatic carbocycles. The highest BCUT2D eigenvalue weighted by atomic mass is 19.1. The molecule has 2 heterocycles. The zero-order chi connectivity index (χ0) is 16.9. The molecule has 6 heteroatoms.